The fraction of sp³-hybridized carbons (Fsp3) is 0.318. The topological polar surface area (TPSA) is 59.8 Å². The van der Waals surface area contributed by atoms with E-state index in [1.54, 1.807) is 28.0 Å². The van der Waals surface area contributed by atoms with Gasteiger partial charge in [-0.2, -0.15) is 0 Å². The number of thiophene rings is 1. The molecule has 150 valence electrons. The molecule has 1 N–H and O–H groups in total. The minimum Gasteiger partial charge on any atom is -0.355 e. The van der Waals surface area contributed by atoms with Crippen LogP contribution in [-0.2, 0) is 0 Å². The van der Waals surface area contributed by atoms with Crippen LogP contribution in [0.1, 0.15) is 35.9 Å². The summed E-state index contributed by atoms with van der Waals surface area (Å²) in [7, 11) is 0. The molecule has 0 atom stereocenters. The normalized spacial score (nSPS) is 11.5. The van der Waals surface area contributed by atoms with Crippen LogP contribution in [0.5, 0.6) is 0 Å². The highest BCUT2D eigenvalue weighted by Gasteiger charge is 2.20. The van der Waals surface area contributed by atoms with Crippen LogP contribution in [0, 0.1) is 20.8 Å². The van der Waals surface area contributed by atoms with Crippen molar-refractivity contribution in [1.29, 1.82) is 0 Å². The molecule has 3 aromatic heterocycles. The molecule has 0 bridgehead atoms. The average molecular weight is 427 g/mol. The van der Waals surface area contributed by atoms with Crippen molar-refractivity contribution in [3.8, 4) is 5.69 Å². The number of unbranched alkanes of at least 4 members (excludes halogenated alkanes) is 1. The summed E-state index contributed by atoms with van der Waals surface area (Å²) in [5.41, 5.74) is 3.17. The SMILES string of the molecule is CCCCNc1nc2c(c(C)nc3sc(C)c(C)c32)c(=O)n1-c1ccc(Cl)cc1. The monoisotopic (exact) mass is 426 g/mol. The number of fused-ring (bicyclic) bond motifs is 3. The molecule has 3 heterocycles. The first kappa shape index (κ1) is 19.9. The van der Waals surface area contributed by atoms with Gasteiger partial charge in [0.1, 0.15) is 4.83 Å². The van der Waals surface area contributed by atoms with E-state index in [0.29, 0.717) is 22.1 Å². The van der Waals surface area contributed by atoms with Crippen LogP contribution in [0.2, 0.25) is 5.02 Å². The van der Waals surface area contributed by atoms with Crippen molar-refractivity contribution in [2.45, 2.75) is 40.5 Å². The zero-order valence-corrected chi connectivity index (χ0v) is 18.5. The van der Waals surface area contributed by atoms with E-state index in [1.165, 1.54) is 4.88 Å². The van der Waals surface area contributed by atoms with Gasteiger partial charge in [0, 0.05) is 21.8 Å². The van der Waals surface area contributed by atoms with Crippen molar-refractivity contribution >= 4 is 50.0 Å². The Balaban J connectivity index is 2.09. The lowest BCUT2D eigenvalue weighted by Crippen LogP contribution is -2.25. The summed E-state index contributed by atoms with van der Waals surface area (Å²) < 4.78 is 1.63. The van der Waals surface area contributed by atoms with E-state index < -0.39 is 0 Å². The van der Waals surface area contributed by atoms with Crippen LogP contribution in [-0.4, -0.2) is 21.1 Å². The van der Waals surface area contributed by atoms with Crippen molar-refractivity contribution in [1.82, 2.24) is 14.5 Å². The number of halogens is 1. The van der Waals surface area contributed by atoms with Crippen LogP contribution >= 0.6 is 22.9 Å². The Kier molecular flexibility index (Phi) is 5.32. The zero-order chi connectivity index (χ0) is 20.7. The molecule has 0 aliphatic heterocycles. The first-order chi connectivity index (χ1) is 13.9. The Morgan fingerprint density at radius 2 is 1.83 bits per heavy atom. The third kappa shape index (κ3) is 3.40. The summed E-state index contributed by atoms with van der Waals surface area (Å²) in [5.74, 6) is 0.549. The van der Waals surface area contributed by atoms with Crippen molar-refractivity contribution < 1.29 is 0 Å². The average Bonchev–Trinajstić information content (AvgIpc) is 2.96. The van der Waals surface area contributed by atoms with Gasteiger partial charge in [0.15, 0.2) is 0 Å². The molecule has 1 aromatic carbocycles. The zero-order valence-electron chi connectivity index (χ0n) is 17.0. The third-order valence-electron chi connectivity index (χ3n) is 5.22. The maximum atomic E-state index is 13.7. The van der Waals surface area contributed by atoms with E-state index in [1.807, 2.05) is 19.1 Å². The largest absolute Gasteiger partial charge is 0.355 e. The van der Waals surface area contributed by atoms with Gasteiger partial charge in [-0.3, -0.25) is 4.79 Å². The van der Waals surface area contributed by atoms with E-state index >= 15 is 0 Å². The molecule has 0 saturated heterocycles. The summed E-state index contributed by atoms with van der Waals surface area (Å²) in [6.45, 7) is 8.92. The molecule has 0 spiro atoms. The fourth-order valence-corrected chi connectivity index (χ4v) is 4.73. The highest BCUT2D eigenvalue weighted by molar-refractivity contribution is 7.18. The summed E-state index contributed by atoms with van der Waals surface area (Å²) in [6, 6.07) is 7.24. The summed E-state index contributed by atoms with van der Waals surface area (Å²) in [5, 5.41) is 5.54. The van der Waals surface area contributed by atoms with Gasteiger partial charge in [0.05, 0.1) is 22.3 Å². The molecule has 5 nitrogen and oxygen atoms in total. The van der Waals surface area contributed by atoms with Crippen molar-refractivity contribution in [3.63, 3.8) is 0 Å². The Morgan fingerprint density at radius 1 is 1.10 bits per heavy atom. The van der Waals surface area contributed by atoms with E-state index in [-0.39, 0.29) is 5.56 Å². The second-order valence-corrected chi connectivity index (χ2v) is 8.86. The van der Waals surface area contributed by atoms with Gasteiger partial charge in [-0.1, -0.05) is 24.9 Å². The van der Waals surface area contributed by atoms with Crippen LogP contribution in [0.25, 0.3) is 26.8 Å². The summed E-state index contributed by atoms with van der Waals surface area (Å²) in [6.07, 6.45) is 2.05. The molecule has 0 aliphatic carbocycles. The number of nitrogens with one attached hydrogen (secondary N) is 1. The summed E-state index contributed by atoms with van der Waals surface area (Å²) >= 11 is 7.71. The van der Waals surface area contributed by atoms with Crippen LogP contribution in [0.4, 0.5) is 5.95 Å². The number of aromatic nitrogens is 3. The highest BCUT2D eigenvalue weighted by Crippen LogP contribution is 2.34. The van der Waals surface area contributed by atoms with Crippen molar-refractivity contribution in [2.75, 3.05) is 11.9 Å². The van der Waals surface area contributed by atoms with Gasteiger partial charge in [0.25, 0.3) is 5.56 Å². The quantitative estimate of drug-likeness (QED) is 0.410. The number of hydrogen-bond donors (Lipinski definition) is 1. The van der Waals surface area contributed by atoms with Gasteiger partial charge >= 0.3 is 0 Å². The van der Waals surface area contributed by atoms with Gasteiger partial charge in [-0.25, -0.2) is 14.5 Å². The maximum Gasteiger partial charge on any atom is 0.269 e. The molecule has 0 fully saturated rings. The Hall–Kier alpha value is -2.44. The van der Waals surface area contributed by atoms with Crippen molar-refractivity contribution in [2.24, 2.45) is 0 Å². The Morgan fingerprint density at radius 3 is 2.52 bits per heavy atom. The minimum absolute atomic E-state index is 0.119. The lowest BCUT2D eigenvalue weighted by atomic mass is 10.1. The van der Waals surface area contributed by atoms with E-state index in [9.17, 15) is 4.79 Å². The molecule has 7 heteroatoms. The van der Waals surface area contributed by atoms with Gasteiger partial charge in [-0.05, 0) is 57.0 Å². The molecule has 4 rings (SSSR count). The number of pyridine rings is 1. The highest BCUT2D eigenvalue weighted by atomic mass is 35.5. The molecular weight excluding hydrogens is 404 g/mol. The van der Waals surface area contributed by atoms with Crippen LogP contribution < -0.4 is 10.9 Å². The molecule has 0 unspecified atom stereocenters. The Labute approximate surface area is 178 Å². The molecule has 0 aliphatic rings. The number of rotatable bonds is 5. The Bertz CT molecular complexity index is 1270. The van der Waals surface area contributed by atoms with Crippen LogP contribution in [0.15, 0.2) is 29.1 Å². The molecule has 4 aromatic rings. The van der Waals surface area contributed by atoms with Crippen LogP contribution in [0.3, 0.4) is 0 Å². The molecule has 0 amide bonds. The minimum atomic E-state index is -0.119. The lowest BCUT2D eigenvalue weighted by Gasteiger charge is -2.16. The van der Waals surface area contributed by atoms with Gasteiger partial charge < -0.3 is 5.32 Å². The fourth-order valence-electron chi connectivity index (χ4n) is 3.53. The summed E-state index contributed by atoms with van der Waals surface area (Å²) in [4.78, 5) is 25.5. The third-order valence-corrected chi connectivity index (χ3v) is 6.57. The first-order valence-corrected chi connectivity index (χ1v) is 10.9. The number of hydrogen-bond acceptors (Lipinski definition) is 5. The molecule has 29 heavy (non-hydrogen) atoms. The number of anilines is 1. The molecule has 0 saturated carbocycles. The predicted octanol–water partition coefficient (Wildman–Crippen LogP) is 5.79. The number of nitrogens with zero attached hydrogens (tertiary/aromatic N) is 3. The van der Waals surface area contributed by atoms with Gasteiger partial charge in [-0.15, -0.1) is 11.3 Å². The first-order valence-electron chi connectivity index (χ1n) is 9.75. The lowest BCUT2D eigenvalue weighted by molar-refractivity contribution is 0.816. The predicted molar refractivity (Wildman–Crippen MR) is 123 cm³/mol. The van der Waals surface area contributed by atoms with Crippen molar-refractivity contribution in [3.05, 3.63) is 55.8 Å². The standard InChI is InChI=1S/C22H23ClN4OS/c1-5-6-11-24-22-26-19-17-12(2)14(4)29-20(17)25-13(3)18(19)21(28)27(22)16-9-7-15(23)8-10-16/h7-10H,5-6,11H2,1-4H3,(H,24,26). The number of benzene rings is 1. The molecule has 0 radical (unpaired) electrons. The van der Waals surface area contributed by atoms with E-state index in [4.69, 9.17) is 21.6 Å². The smallest absolute Gasteiger partial charge is 0.269 e. The van der Waals surface area contributed by atoms with E-state index in [0.717, 1.165) is 46.4 Å². The molecular formula is C22H23ClN4OS. The maximum absolute atomic E-state index is 13.7. The number of aryl methyl sites for hydroxylation is 3. The second-order valence-electron chi connectivity index (χ2n) is 7.22. The second kappa shape index (κ2) is 7.76. The van der Waals surface area contributed by atoms with Gasteiger partial charge in [0.2, 0.25) is 5.95 Å². The van der Waals surface area contributed by atoms with E-state index in [2.05, 4.69) is 26.1 Å².